The van der Waals surface area contributed by atoms with Crippen molar-refractivity contribution in [2.45, 2.75) is 27.2 Å². The van der Waals surface area contributed by atoms with Gasteiger partial charge in [-0.25, -0.2) is 0 Å². The molecule has 2 rings (SSSR count). The molecule has 0 N–H and O–H groups in total. The fourth-order valence-electron chi connectivity index (χ4n) is 2.36. The minimum atomic E-state index is 0.198. The van der Waals surface area contributed by atoms with E-state index < -0.39 is 0 Å². The normalized spacial score (nSPS) is 21.9. The lowest BCUT2D eigenvalue weighted by atomic mass is 9.80. The van der Waals surface area contributed by atoms with Crippen LogP contribution in [0.5, 0.6) is 0 Å². The van der Waals surface area contributed by atoms with E-state index in [1.807, 2.05) is 30.3 Å². The summed E-state index contributed by atoms with van der Waals surface area (Å²) in [4.78, 5) is 12.5. The number of ketones is 1. The number of hydrogen-bond acceptors (Lipinski definition) is 1. The van der Waals surface area contributed by atoms with Crippen LogP contribution in [0, 0.1) is 11.8 Å². The second-order valence-corrected chi connectivity index (χ2v) is 5.87. The van der Waals surface area contributed by atoms with E-state index in [0.29, 0.717) is 5.02 Å². The molecule has 0 saturated carbocycles. The number of rotatable bonds is 2. The molecule has 0 spiro atoms. The zero-order valence-corrected chi connectivity index (χ0v) is 12.4. The molecule has 0 bridgehead atoms. The second kappa shape index (κ2) is 5.75. The first-order chi connectivity index (χ1) is 8.99. The molecule has 1 aliphatic rings. The number of allylic oxidation sites excluding steroid dienone is 3. The summed E-state index contributed by atoms with van der Waals surface area (Å²) >= 11 is 5.88. The Bertz CT molecular complexity index is 535. The van der Waals surface area contributed by atoms with Gasteiger partial charge in [-0.3, -0.25) is 4.79 Å². The molecule has 0 amide bonds. The van der Waals surface area contributed by atoms with E-state index in [-0.39, 0.29) is 17.6 Å². The average Bonchev–Trinajstić information content (AvgIpc) is 2.36. The molecule has 0 aliphatic heterocycles. The fourth-order valence-corrected chi connectivity index (χ4v) is 2.48. The molecule has 2 heteroatoms. The monoisotopic (exact) mass is 274 g/mol. The molecule has 0 aromatic heterocycles. The SMILES string of the molecule is CC(C)C1=CC[C@H](C)C(=Cc2ccc(Cl)cc2)C1=O. The van der Waals surface area contributed by atoms with Crippen LogP contribution in [0.1, 0.15) is 32.8 Å². The Balaban J connectivity index is 2.35. The van der Waals surface area contributed by atoms with Gasteiger partial charge in [-0.15, -0.1) is 0 Å². The lowest BCUT2D eigenvalue weighted by molar-refractivity contribution is -0.113. The van der Waals surface area contributed by atoms with Gasteiger partial charge in [-0.05, 0) is 47.6 Å². The Kier molecular flexibility index (Phi) is 4.26. The molecular weight excluding hydrogens is 256 g/mol. The van der Waals surface area contributed by atoms with Gasteiger partial charge < -0.3 is 0 Å². The van der Waals surface area contributed by atoms with E-state index in [9.17, 15) is 4.79 Å². The maximum absolute atomic E-state index is 12.5. The van der Waals surface area contributed by atoms with Gasteiger partial charge in [0.15, 0.2) is 5.78 Å². The molecule has 1 atom stereocenters. The molecule has 0 fully saturated rings. The summed E-state index contributed by atoms with van der Waals surface area (Å²) in [5.41, 5.74) is 2.89. The third kappa shape index (κ3) is 3.16. The Hall–Kier alpha value is -1.34. The second-order valence-electron chi connectivity index (χ2n) is 5.43. The first-order valence-corrected chi connectivity index (χ1v) is 7.08. The Morgan fingerprint density at radius 1 is 1.26 bits per heavy atom. The predicted molar refractivity (Wildman–Crippen MR) is 81.1 cm³/mol. The van der Waals surface area contributed by atoms with Gasteiger partial charge in [0.25, 0.3) is 0 Å². The first kappa shape index (κ1) is 14.1. The number of halogens is 1. The highest BCUT2D eigenvalue weighted by Crippen LogP contribution is 2.31. The maximum atomic E-state index is 12.5. The van der Waals surface area contributed by atoms with Gasteiger partial charge in [0.2, 0.25) is 0 Å². The lowest BCUT2D eigenvalue weighted by Crippen LogP contribution is -2.20. The van der Waals surface area contributed by atoms with Crippen molar-refractivity contribution in [3.63, 3.8) is 0 Å². The topological polar surface area (TPSA) is 17.1 Å². The summed E-state index contributed by atoms with van der Waals surface area (Å²) in [6.45, 7) is 6.24. The highest BCUT2D eigenvalue weighted by atomic mass is 35.5. The smallest absolute Gasteiger partial charge is 0.185 e. The average molecular weight is 275 g/mol. The van der Waals surface area contributed by atoms with E-state index in [2.05, 4.69) is 26.8 Å². The highest BCUT2D eigenvalue weighted by molar-refractivity contribution is 6.30. The molecule has 0 unspecified atom stereocenters. The summed E-state index contributed by atoms with van der Waals surface area (Å²) in [5, 5.41) is 0.716. The minimum absolute atomic E-state index is 0.198. The first-order valence-electron chi connectivity index (χ1n) is 6.71. The molecule has 1 nitrogen and oxygen atoms in total. The van der Waals surface area contributed by atoms with Crippen molar-refractivity contribution in [1.82, 2.24) is 0 Å². The quantitative estimate of drug-likeness (QED) is 0.700. The van der Waals surface area contributed by atoms with E-state index in [1.54, 1.807) is 0 Å². The van der Waals surface area contributed by atoms with Crippen LogP contribution in [0.4, 0.5) is 0 Å². The molecule has 1 aromatic rings. The van der Waals surface area contributed by atoms with Crippen LogP contribution >= 0.6 is 11.6 Å². The van der Waals surface area contributed by atoms with Gasteiger partial charge >= 0.3 is 0 Å². The van der Waals surface area contributed by atoms with Gasteiger partial charge in [-0.2, -0.15) is 0 Å². The zero-order chi connectivity index (χ0) is 14.0. The summed E-state index contributed by atoms with van der Waals surface area (Å²) in [5.74, 6) is 0.767. The molecule has 1 aromatic carbocycles. The van der Waals surface area contributed by atoms with Crippen molar-refractivity contribution in [3.8, 4) is 0 Å². The predicted octanol–water partition coefficient (Wildman–Crippen LogP) is 4.91. The van der Waals surface area contributed by atoms with Crippen LogP contribution in [0.15, 0.2) is 41.5 Å². The Morgan fingerprint density at radius 3 is 2.47 bits per heavy atom. The number of Topliss-reactive ketones (excluding diaryl/α,β-unsaturated/α-hetero) is 1. The van der Waals surface area contributed by atoms with Crippen LogP contribution in [-0.2, 0) is 4.79 Å². The van der Waals surface area contributed by atoms with Crippen LogP contribution in [0.25, 0.3) is 6.08 Å². The van der Waals surface area contributed by atoms with Crippen LogP contribution in [-0.4, -0.2) is 5.78 Å². The summed E-state index contributed by atoms with van der Waals surface area (Å²) in [7, 11) is 0. The third-order valence-electron chi connectivity index (χ3n) is 3.56. The van der Waals surface area contributed by atoms with E-state index in [4.69, 9.17) is 11.6 Å². The van der Waals surface area contributed by atoms with Gasteiger partial charge in [-0.1, -0.05) is 50.6 Å². The third-order valence-corrected chi connectivity index (χ3v) is 3.81. The summed E-state index contributed by atoms with van der Waals surface area (Å²) < 4.78 is 0. The van der Waals surface area contributed by atoms with E-state index in [1.165, 1.54) is 0 Å². The zero-order valence-electron chi connectivity index (χ0n) is 11.6. The standard InChI is InChI=1S/C17H19ClO/c1-11(2)15-9-4-12(3)16(17(15)19)10-13-5-7-14(18)8-6-13/h5-12H,4H2,1-3H3/t12-/m0/s1. The molecular formula is C17H19ClO. The van der Waals surface area contributed by atoms with Gasteiger partial charge in [0.1, 0.15) is 0 Å². The number of carbonyl (C=O) groups excluding carboxylic acids is 1. The number of hydrogen-bond donors (Lipinski definition) is 0. The number of carbonyl (C=O) groups is 1. The molecule has 0 radical (unpaired) electrons. The van der Waals surface area contributed by atoms with Crippen molar-refractivity contribution in [2.75, 3.05) is 0 Å². The minimum Gasteiger partial charge on any atom is -0.289 e. The summed E-state index contributed by atoms with van der Waals surface area (Å²) in [6, 6.07) is 7.60. The van der Waals surface area contributed by atoms with Crippen LogP contribution in [0.3, 0.4) is 0 Å². The van der Waals surface area contributed by atoms with Crippen LogP contribution in [0.2, 0.25) is 5.02 Å². The summed E-state index contributed by atoms with van der Waals surface area (Å²) in [6.07, 6.45) is 5.04. The molecule has 19 heavy (non-hydrogen) atoms. The highest BCUT2D eigenvalue weighted by Gasteiger charge is 2.26. The van der Waals surface area contributed by atoms with Crippen molar-refractivity contribution in [1.29, 1.82) is 0 Å². The fraction of sp³-hybridized carbons (Fsp3) is 0.353. The maximum Gasteiger partial charge on any atom is 0.185 e. The Morgan fingerprint density at radius 2 is 1.89 bits per heavy atom. The molecule has 100 valence electrons. The lowest BCUT2D eigenvalue weighted by Gasteiger charge is -2.23. The number of benzene rings is 1. The Labute approximate surface area is 120 Å². The van der Waals surface area contributed by atoms with E-state index in [0.717, 1.165) is 23.1 Å². The largest absolute Gasteiger partial charge is 0.289 e. The van der Waals surface area contributed by atoms with Crippen molar-refractivity contribution in [3.05, 3.63) is 52.1 Å². The van der Waals surface area contributed by atoms with Gasteiger partial charge in [0, 0.05) is 10.6 Å². The van der Waals surface area contributed by atoms with Crippen molar-refractivity contribution in [2.24, 2.45) is 11.8 Å². The molecule has 1 aliphatic carbocycles. The van der Waals surface area contributed by atoms with Crippen molar-refractivity contribution >= 4 is 23.5 Å². The van der Waals surface area contributed by atoms with E-state index >= 15 is 0 Å². The van der Waals surface area contributed by atoms with Gasteiger partial charge in [0.05, 0.1) is 0 Å². The van der Waals surface area contributed by atoms with Crippen LogP contribution < -0.4 is 0 Å². The van der Waals surface area contributed by atoms with Crippen molar-refractivity contribution < 1.29 is 4.79 Å². The molecule has 0 saturated heterocycles. The molecule has 0 heterocycles.